The Kier molecular flexibility index (Phi) is 14.1. The van der Waals surface area contributed by atoms with Crippen LogP contribution in [-0.4, -0.2) is 37.0 Å². The Morgan fingerprint density at radius 3 is 1.03 bits per heavy atom. The molecule has 34 heavy (non-hydrogen) atoms. The molecule has 186 valence electrons. The molecule has 0 fully saturated rings. The van der Waals surface area contributed by atoms with Crippen LogP contribution in [-0.2, 0) is 20.2 Å². The van der Waals surface area contributed by atoms with Crippen LogP contribution in [0.2, 0.25) is 0 Å². The van der Waals surface area contributed by atoms with Gasteiger partial charge in [-0.1, -0.05) is 36.4 Å². The van der Waals surface area contributed by atoms with Crippen molar-refractivity contribution < 1.29 is 94.7 Å². The lowest BCUT2D eigenvalue weighted by Crippen LogP contribution is -3.59. The maximum absolute atomic E-state index is 10.7. The van der Waals surface area contributed by atoms with E-state index < -0.39 is 31.3 Å². The quantitative estimate of drug-likeness (QED) is 0.106. The molecule has 2 aromatic carbocycles. The highest BCUT2D eigenvalue weighted by atomic mass is 127. The first-order chi connectivity index (χ1) is 15.4. The smallest absolute Gasteiger partial charge is 0.485 e. The molecule has 0 N–H and O–H groups in total. The van der Waals surface area contributed by atoms with E-state index in [1.807, 2.05) is 12.1 Å². The van der Waals surface area contributed by atoms with Gasteiger partial charge in [-0.2, -0.15) is 26.3 Å². The summed E-state index contributed by atoms with van der Waals surface area (Å²) in [6.45, 7) is 0. The highest BCUT2D eigenvalue weighted by Gasteiger charge is 2.37. The minimum absolute atomic E-state index is 0.198. The molecular formula is C18H10F6I2O6S2. The molecule has 6 nitrogen and oxygen atoms in total. The van der Waals surface area contributed by atoms with Crippen LogP contribution in [0.5, 0.6) is 0 Å². The minimum atomic E-state index is -6.09. The summed E-state index contributed by atoms with van der Waals surface area (Å²) in [5, 5.41) is 0. The van der Waals surface area contributed by atoms with Gasteiger partial charge in [0, 0.05) is 11.8 Å². The zero-order valence-electron chi connectivity index (χ0n) is 16.1. The average Bonchev–Trinajstić information content (AvgIpc) is 2.70. The van der Waals surface area contributed by atoms with Gasteiger partial charge in [0.05, 0.1) is 0 Å². The summed E-state index contributed by atoms with van der Waals surface area (Å²) in [6.07, 6.45) is 0. The summed E-state index contributed by atoms with van der Waals surface area (Å²) in [5.41, 5.74) is -11.3. The van der Waals surface area contributed by atoms with Crippen LogP contribution in [0.15, 0.2) is 60.7 Å². The summed E-state index contributed by atoms with van der Waals surface area (Å²) in [6, 6.07) is 20.8. The molecule has 0 radical (unpaired) electrons. The van der Waals surface area contributed by atoms with Gasteiger partial charge in [0.2, 0.25) is 15.0 Å². The van der Waals surface area contributed by atoms with Crippen molar-refractivity contribution in [2.24, 2.45) is 0 Å². The molecule has 0 saturated heterocycles. The van der Waals surface area contributed by atoms with Crippen LogP contribution in [0, 0.1) is 26.8 Å². The molecule has 0 unspecified atom stereocenters. The normalized spacial score (nSPS) is 11.2. The van der Waals surface area contributed by atoms with Gasteiger partial charge >= 0.3 is 53.4 Å². The van der Waals surface area contributed by atoms with Crippen molar-refractivity contribution in [1.82, 2.24) is 0 Å². The lowest BCUT2D eigenvalue weighted by atomic mass is 10.4. The largest absolute Gasteiger partial charge is 0.741 e. The van der Waals surface area contributed by atoms with Gasteiger partial charge in [-0.05, 0) is 24.3 Å². The first-order valence-corrected chi connectivity index (χ1v) is 15.0. The molecule has 0 bridgehead atoms. The summed E-state index contributed by atoms with van der Waals surface area (Å²) >= 11 is -0.395. The Labute approximate surface area is 212 Å². The first kappa shape index (κ1) is 32.4. The molecule has 0 spiro atoms. The van der Waals surface area contributed by atoms with E-state index in [1.54, 1.807) is 0 Å². The van der Waals surface area contributed by atoms with Crippen molar-refractivity contribution >= 4 is 20.2 Å². The summed E-state index contributed by atoms with van der Waals surface area (Å²) in [4.78, 5) is 0. The van der Waals surface area contributed by atoms with Gasteiger partial charge in [-0.15, -0.1) is 0 Å². The van der Waals surface area contributed by atoms with Gasteiger partial charge in [0.15, 0.2) is 20.2 Å². The van der Waals surface area contributed by atoms with Crippen molar-refractivity contribution in [2.75, 3.05) is 0 Å². The zero-order chi connectivity index (χ0) is 26.5. The molecule has 0 aliphatic heterocycles. The summed E-state index contributed by atoms with van der Waals surface area (Å²) in [7, 11) is -12.2. The first-order valence-electron chi connectivity index (χ1n) is 7.87. The maximum atomic E-state index is 10.7. The highest BCUT2D eigenvalue weighted by molar-refractivity contribution is 7.86. The lowest BCUT2D eigenvalue weighted by molar-refractivity contribution is -0.536. The zero-order valence-corrected chi connectivity index (χ0v) is 22.0. The van der Waals surface area contributed by atoms with E-state index in [0.717, 1.165) is 0 Å². The molecule has 16 heteroatoms. The van der Waals surface area contributed by atoms with E-state index in [2.05, 4.69) is 68.2 Å². The summed E-state index contributed by atoms with van der Waals surface area (Å²) in [5.74, 6) is 5.94. The number of halogens is 8. The van der Waals surface area contributed by atoms with Gasteiger partial charge < -0.3 is 9.11 Å². The Balaban J connectivity index is 0.000000570. The van der Waals surface area contributed by atoms with Crippen LogP contribution >= 0.6 is 0 Å². The van der Waals surface area contributed by atoms with Crippen LogP contribution in [0.3, 0.4) is 0 Å². The number of rotatable bonds is 2. The van der Waals surface area contributed by atoms with Crippen LogP contribution in [0.25, 0.3) is 0 Å². The number of hydrogen-bond acceptors (Lipinski definition) is 6. The summed E-state index contributed by atoms with van der Waals surface area (Å²) < 4.78 is 127. The standard InChI is InChI=1S/C16H10I2.2CHF3O3S/c1-3-9-15(10-4-1)17-13-7-8-14-18-16-11-5-2-6-12-16;2*2-1(3,4)8(5,6)7/h1-6,9-12H;2*(H,5,6,7)/q+2;;/p-2. The van der Waals surface area contributed by atoms with Crippen LogP contribution < -0.4 is 42.4 Å². The van der Waals surface area contributed by atoms with Crippen molar-refractivity contribution in [2.45, 2.75) is 11.0 Å². The van der Waals surface area contributed by atoms with E-state index in [1.165, 1.54) is 7.14 Å². The molecule has 0 heterocycles. The Morgan fingerprint density at radius 1 is 0.588 bits per heavy atom. The molecule has 0 aliphatic carbocycles. The topological polar surface area (TPSA) is 114 Å². The van der Waals surface area contributed by atoms with Gasteiger partial charge in [0.1, 0.15) is 0 Å². The fourth-order valence-electron chi connectivity index (χ4n) is 1.16. The second-order valence-electron chi connectivity index (χ2n) is 5.02. The minimum Gasteiger partial charge on any atom is -0.741 e. The molecule has 0 aliphatic rings. The second-order valence-corrected chi connectivity index (χ2v) is 12.4. The van der Waals surface area contributed by atoms with Crippen molar-refractivity contribution in [3.05, 3.63) is 67.8 Å². The van der Waals surface area contributed by atoms with Crippen molar-refractivity contribution in [3.8, 4) is 19.7 Å². The predicted octanol–water partition coefficient (Wildman–Crippen LogP) is -3.07. The van der Waals surface area contributed by atoms with Crippen LogP contribution in [0.4, 0.5) is 26.3 Å². The van der Waals surface area contributed by atoms with Gasteiger partial charge in [0.25, 0.3) is 0 Å². The highest BCUT2D eigenvalue weighted by Crippen LogP contribution is 2.21. The van der Waals surface area contributed by atoms with Gasteiger partial charge in [-0.3, -0.25) is 0 Å². The van der Waals surface area contributed by atoms with E-state index >= 15 is 0 Å². The lowest BCUT2D eigenvalue weighted by Gasteiger charge is -2.08. The van der Waals surface area contributed by atoms with E-state index in [4.69, 9.17) is 25.9 Å². The predicted molar refractivity (Wildman–Crippen MR) is 97.3 cm³/mol. The molecule has 2 aromatic rings. The third-order valence-electron chi connectivity index (χ3n) is 2.50. The molecule has 2 rings (SSSR count). The third kappa shape index (κ3) is 15.3. The molecule has 0 amide bonds. The third-order valence-corrected chi connectivity index (χ3v) is 7.40. The van der Waals surface area contributed by atoms with Crippen molar-refractivity contribution in [1.29, 1.82) is 0 Å². The van der Waals surface area contributed by atoms with Gasteiger partial charge in [-0.25, -0.2) is 16.8 Å². The maximum Gasteiger partial charge on any atom is 0.485 e. The fourth-order valence-corrected chi connectivity index (χ4v) is 3.87. The van der Waals surface area contributed by atoms with Crippen molar-refractivity contribution in [3.63, 3.8) is 0 Å². The average molecular weight is 754 g/mol. The number of hydrogen-bond donors (Lipinski definition) is 0. The van der Waals surface area contributed by atoms with Crippen LogP contribution in [0.1, 0.15) is 0 Å². The molecule has 0 saturated carbocycles. The number of alkyl halides is 6. The SMILES string of the molecule is C(C#C[I+]c1ccccc1)#C[I+]c1ccccc1.O=S(=O)([O-])C(F)(F)F.O=S(=O)([O-])C(F)(F)F. The molecule has 0 aromatic heterocycles. The Bertz CT molecular complexity index is 1130. The van der Waals surface area contributed by atoms with E-state index in [0.29, 0.717) is 0 Å². The fraction of sp³-hybridized carbons (Fsp3) is 0.111. The monoisotopic (exact) mass is 754 g/mol. The van der Waals surface area contributed by atoms with E-state index in [-0.39, 0.29) is 42.4 Å². The Hall–Kier alpha value is -1.58. The van der Waals surface area contributed by atoms with E-state index in [9.17, 15) is 26.3 Å². The molecule has 0 atom stereocenters. The molecular weight excluding hydrogens is 744 g/mol. The number of benzene rings is 2. The second kappa shape index (κ2) is 14.7. The Morgan fingerprint density at radius 2 is 0.824 bits per heavy atom.